The molecule has 4 unspecified atom stereocenters. The normalized spacial score (nSPS) is 41.4. The van der Waals surface area contributed by atoms with Crippen LogP contribution in [0.3, 0.4) is 0 Å². The highest BCUT2D eigenvalue weighted by Gasteiger charge is 2.63. The molecule has 0 amide bonds. The molecule has 4 rings (SSSR count). The molecule has 0 bridgehead atoms. The van der Waals surface area contributed by atoms with E-state index in [9.17, 15) is 4.79 Å². The molecule has 39 heavy (non-hydrogen) atoms. The Labute approximate surface area is 245 Å². The van der Waals surface area contributed by atoms with Crippen LogP contribution in [0.1, 0.15) is 128 Å². The molecule has 4 nitrogen and oxygen atoms in total. The molecular formula is C33H62O4Si2. The predicted octanol–water partition coefficient (Wildman–Crippen LogP) is 7.22. The van der Waals surface area contributed by atoms with Crippen molar-refractivity contribution in [3.63, 3.8) is 0 Å². The largest absolute Gasteiger partial charge is 0.462 e. The van der Waals surface area contributed by atoms with E-state index in [0.717, 1.165) is 18.8 Å². The van der Waals surface area contributed by atoms with E-state index >= 15 is 0 Å². The van der Waals surface area contributed by atoms with Gasteiger partial charge in [0.1, 0.15) is 6.10 Å². The number of esters is 1. The van der Waals surface area contributed by atoms with E-state index in [4.69, 9.17) is 13.6 Å². The van der Waals surface area contributed by atoms with Gasteiger partial charge in [-0.05, 0) is 102 Å². The van der Waals surface area contributed by atoms with Gasteiger partial charge in [0.2, 0.25) is 0 Å². The summed E-state index contributed by atoms with van der Waals surface area (Å²) in [6, 6.07) is 0. The van der Waals surface area contributed by atoms with Crippen LogP contribution in [0.2, 0.25) is 10.1 Å². The van der Waals surface area contributed by atoms with Gasteiger partial charge in [-0.3, -0.25) is 4.79 Å². The Hall–Kier alpha value is -0.176. The summed E-state index contributed by atoms with van der Waals surface area (Å²) in [7, 11) is -1.24. The molecule has 0 radical (unpaired) electrons. The molecule has 6 heteroatoms. The lowest BCUT2D eigenvalue weighted by atomic mass is 9.44. The highest BCUT2D eigenvalue weighted by atomic mass is 28.2. The van der Waals surface area contributed by atoms with Crippen molar-refractivity contribution in [1.29, 1.82) is 0 Å². The minimum Gasteiger partial charge on any atom is -0.462 e. The van der Waals surface area contributed by atoms with E-state index in [1.807, 2.05) is 0 Å². The maximum atomic E-state index is 12.4. The number of carbonyl (C=O) groups excluding carboxylic acids is 1. The minimum absolute atomic E-state index is 0.0384. The number of hydrogen-bond donors (Lipinski definition) is 0. The maximum absolute atomic E-state index is 12.4. The van der Waals surface area contributed by atoms with Crippen molar-refractivity contribution in [3.05, 3.63) is 0 Å². The molecule has 0 saturated heterocycles. The molecule has 0 aromatic carbocycles. The van der Waals surface area contributed by atoms with Crippen LogP contribution in [0.15, 0.2) is 0 Å². The second-order valence-electron chi connectivity index (χ2n) is 16.8. The number of ether oxygens (including phenoxy) is 1. The first-order chi connectivity index (χ1) is 18.0. The Bertz CT molecular complexity index is 872. The Kier molecular flexibility index (Phi) is 9.35. The summed E-state index contributed by atoms with van der Waals surface area (Å²) in [6.07, 6.45) is 10.4. The molecular weight excluding hydrogens is 517 g/mol. The summed E-state index contributed by atoms with van der Waals surface area (Å²) in [5, 5.41) is 0.654. The second kappa shape index (κ2) is 11.5. The van der Waals surface area contributed by atoms with Crippen LogP contribution in [-0.2, 0) is 18.4 Å². The van der Waals surface area contributed by atoms with E-state index in [2.05, 4.69) is 69.2 Å². The highest BCUT2D eigenvalue weighted by Crippen LogP contribution is 2.67. The standard InChI is InChI=1S/C33H62O4Si2/c1-20(2)30(6,7)38-36-23-14-16-32(10)26-15-17-33(11)25(12-13-29(33)37-39-31(8,9)21(3)4)24(26)19-28(27(32)18-23)35-22(5)34/h20-21,23-29H,12-19,38-39H2,1-11H3/t23?,24-,25-,26+,27?,28?,29?,32+,33-/m0/s1. The zero-order valence-electron chi connectivity index (χ0n) is 27.4. The first-order valence-electron chi connectivity index (χ1n) is 16.4. The topological polar surface area (TPSA) is 44.8 Å². The molecule has 9 atom stereocenters. The molecule has 0 aromatic rings. The minimum atomic E-state index is -0.633. The lowest BCUT2D eigenvalue weighted by Crippen LogP contribution is -2.59. The van der Waals surface area contributed by atoms with Gasteiger partial charge >= 0.3 is 5.97 Å². The predicted molar refractivity (Wildman–Crippen MR) is 167 cm³/mol. The third kappa shape index (κ3) is 6.15. The van der Waals surface area contributed by atoms with E-state index in [1.54, 1.807) is 6.92 Å². The number of carbonyl (C=O) groups is 1. The lowest BCUT2D eigenvalue weighted by Gasteiger charge is -2.62. The Morgan fingerprint density at radius 3 is 1.92 bits per heavy atom. The summed E-state index contributed by atoms with van der Waals surface area (Å²) in [4.78, 5) is 12.4. The van der Waals surface area contributed by atoms with Crippen LogP contribution in [0, 0.1) is 46.3 Å². The molecule has 0 aliphatic heterocycles. The molecule has 0 spiro atoms. The van der Waals surface area contributed by atoms with Crippen molar-refractivity contribution in [2.45, 2.75) is 156 Å². The third-order valence-corrected chi connectivity index (χ3v) is 17.6. The van der Waals surface area contributed by atoms with Crippen LogP contribution in [0.25, 0.3) is 0 Å². The van der Waals surface area contributed by atoms with Crippen LogP contribution in [0.5, 0.6) is 0 Å². The van der Waals surface area contributed by atoms with Crippen molar-refractivity contribution in [1.82, 2.24) is 0 Å². The van der Waals surface area contributed by atoms with Crippen LogP contribution in [0.4, 0.5) is 0 Å². The molecule has 4 aliphatic rings. The fourth-order valence-corrected chi connectivity index (χ4v) is 11.7. The van der Waals surface area contributed by atoms with Crippen molar-refractivity contribution in [2.24, 2.45) is 46.3 Å². The molecule has 0 heterocycles. The summed E-state index contributed by atoms with van der Waals surface area (Å²) in [5.74, 6) is 3.72. The van der Waals surface area contributed by atoms with E-state index in [1.165, 1.54) is 38.5 Å². The van der Waals surface area contributed by atoms with Gasteiger partial charge in [-0.2, -0.15) is 0 Å². The molecule has 4 saturated carbocycles. The van der Waals surface area contributed by atoms with Gasteiger partial charge in [0.15, 0.2) is 19.5 Å². The Morgan fingerprint density at radius 2 is 1.33 bits per heavy atom. The van der Waals surface area contributed by atoms with Crippen molar-refractivity contribution >= 4 is 25.5 Å². The monoisotopic (exact) mass is 578 g/mol. The maximum Gasteiger partial charge on any atom is 0.302 e. The quantitative estimate of drug-likeness (QED) is 0.214. The van der Waals surface area contributed by atoms with Crippen LogP contribution in [-0.4, -0.2) is 43.8 Å². The average Bonchev–Trinajstić information content (AvgIpc) is 3.17. The zero-order valence-corrected chi connectivity index (χ0v) is 30.2. The first kappa shape index (κ1) is 31.8. The van der Waals surface area contributed by atoms with Gasteiger partial charge in [0.05, 0.1) is 0 Å². The van der Waals surface area contributed by atoms with Gasteiger partial charge in [0, 0.05) is 25.0 Å². The van der Waals surface area contributed by atoms with Crippen molar-refractivity contribution < 1.29 is 18.4 Å². The molecule has 226 valence electrons. The van der Waals surface area contributed by atoms with Gasteiger partial charge in [-0.25, -0.2) is 0 Å². The van der Waals surface area contributed by atoms with Crippen LogP contribution >= 0.6 is 0 Å². The van der Waals surface area contributed by atoms with Crippen molar-refractivity contribution in [3.8, 4) is 0 Å². The van der Waals surface area contributed by atoms with E-state index in [-0.39, 0.29) is 22.9 Å². The van der Waals surface area contributed by atoms with Gasteiger partial charge in [-0.15, -0.1) is 0 Å². The van der Waals surface area contributed by atoms with E-state index in [0.29, 0.717) is 51.9 Å². The van der Waals surface area contributed by atoms with E-state index < -0.39 is 19.5 Å². The second-order valence-corrected chi connectivity index (χ2v) is 21.7. The average molecular weight is 579 g/mol. The summed E-state index contributed by atoms with van der Waals surface area (Å²) in [5.41, 5.74) is 0.520. The Morgan fingerprint density at radius 1 is 0.769 bits per heavy atom. The van der Waals surface area contributed by atoms with Crippen LogP contribution < -0.4 is 0 Å². The van der Waals surface area contributed by atoms with Gasteiger partial charge in [0.25, 0.3) is 0 Å². The molecule has 0 aromatic heterocycles. The Balaban J connectivity index is 1.51. The third-order valence-electron chi connectivity index (χ3n) is 13.3. The summed E-state index contributed by atoms with van der Waals surface area (Å²) in [6.45, 7) is 25.7. The molecule has 0 N–H and O–H groups in total. The molecule has 4 aliphatic carbocycles. The zero-order chi connectivity index (χ0) is 29.0. The number of fused-ring (bicyclic) bond motifs is 5. The van der Waals surface area contributed by atoms with Gasteiger partial charge < -0.3 is 13.6 Å². The smallest absolute Gasteiger partial charge is 0.302 e. The summed E-state index contributed by atoms with van der Waals surface area (Å²) < 4.78 is 19.9. The highest BCUT2D eigenvalue weighted by molar-refractivity contribution is 6.32. The first-order valence-corrected chi connectivity index (χ1v) is 19.0. The lowest BCUT2D eigenvalue weighted by molar-refractivity contribution is -0.192. The number of hydrogen-bond acceptors (Lipinski definition) is 4. The SMILES string of the molecule is CC(=O)OC1C[C@@H]2[C@@H](CC[C@]3(C)C(O[SiH2]C(C)(C)C(C)C)CC[C@@H]23)[C@@]2(C)CCC(O[SiH2]C(C)(C)C(C)C)CC12. The van der Waals surface area contributed by atoms with Gasteiger partial charge in [-0.1, -0.05) is 69.2 Å². The van der Waals surface area contributed by atoms with Crippen molar-refractivity contribution in [2.75, 3.05) is 0 Å². The fourth-order valence-electron chi connectivity index (χ4n) is 8.93. The fraction of sp³-hybridized carbons (Fsp3) is 0.970. The number of rotatable bonds is 9. The summed E-state index contributed by atoms with van der Waals surface area (Å²) >= 11 is 0. The molecule has 4 fully saturated rings.